The zero-order valence-corrected chi connectivity index (χ0v) is 22.1. The van der Waals surface area contributed by atoms with E-state index in [4.69, 9.17) is 4.74 Å². The fourth-order valence-corrected chi connectivity index (χ4v) is 6.61. The molecule has 1 aliphatic heterocycles. The van der Waals surface area contributed by atoms with Crippen LogP contribution in [0.3, 0.4) is 0 Å². The molecule has 0 aromatic heterocycles. The maximum atomic E-state index is 13.5. The Morgan fingerprint density at radius 2 is 1.92 bits per heavy atom. The summed E-state index contributed by atoms with van der Waals surface area (Å²) in [7, 11) is 0. The van der Waals surface area contributed by atoms with E-state index in [1.807, 2.05) is 0 Å². The highest BCUT2D eigenvalue weighted by molar-refractivity contribution is 5.92. The molecule has 2 aliphatic carbocycles. The Labute approximate surface area is 219 Å². The summed E-state index contributed by atoms with van der Waals surface area (Å²) in [5.41, 5.74) is 0.726. The van der Waals surface area contributed by atoms with E-state index < -0.39 is 24.1 Å². The lowest BCUT2D eigenvalue weighted by Crippen LogP contribution is -2.54. The molecule has 2 bridgehead atoms. The van der Waals surface area contributed by atoms with Crippen molar-refractivity contribution in [1.29, 1.82) is 0 Å². The summed E-state index contributed by atoms with van der Waals surface area (Å²) in [4.78, 5) is 41.0. The van der Waals surface area contributed by atoms with E-state index in [9.17, 15) is 24.6 Å². The van der Waals surface area contributed by atoms with Gasteiger partial charge in [-0.2, -0.15) is 0 Å². The summed E-state index contributed by atoms with van der Waals surface area (Å²) in [6.45, 7) is 10.9. The quantitative estimate of drug-likeness (QED) is 0.346. The maximum absolute atomic E-state index is 13.5. The number of carbonyl (C=O) groups is 3. The average molecular weight is 513 g/mol. The Bertz CT molecular complexity index is 1040. The standard InChI is InChI=1S/C29H40N2O6/c1-5-7-21(30-25(34)23(33)16-18-9-11-20(32)12-10-18)26(35)31-15-6-8-22(31)27(36)37-24-17-19-13-14-29(24,4)28(19,2)3/h5,9-12,19,21-24,32-33H,1,6-8,13-17H2,2-4H3,(H,30,34)/t19-,21?,22?,23?,24?,29?/m0/s1. The number of aromatic hydroxyl groups is 1. The maximum Gasteiger partial charge on any atom is 0.329 e. The number of nitrogens with one attached hydrogen (secondary N) is 1. The normalized spacial score (nSPS) is 29.5. The zero-order valence-electron chi connectivity index (χ0n) is 22.1. The van der Waals surface area contributed by atoms with Crippen LogP contribution in [0, 0.1) is 16.7 Å². The van der Waals surface area contributed by atoms with Gasteiger partial charge in [0.2, 0.25) is 11.8 Å². The number of esters is 1. The summed E-state index contributed by atoms with van der Waals surface area (Å²) in [6, 6.07) is 4.59. The van der Waals surface area contributed by atoms with Crippen molar-refractivity contribution in [1.82, 2.24) is 10.2 Å². The topological polar surface area (TPSA) is 116 Å². The molecule has 37 heavy (non-hydrogen) atoms. The first-order chi connectivity index (χ1) is 17.5. The summed E-state index contributed by atoms with van der Waals surface area (Å²) in [5.74, 6) is -0.780. The number of fused-ring (bicyclic) bond motifs is 2. The van der Waals surface area contributed by atoms with Gasteiger partial charge in [0.05, 0.1) is 0 Å². The third-order valence-corrected chi connectivity index (χ3v) is 9.47. The second-order valence-electron chi connectivity index (χ2n) is 11.7. The molecule has 5 unspecified atom stereocenters. The Hall–Kier alpha value is -2.87. The first-order valence-corrected chi connectivity index (χ1v) is 13.4. The van der Waals surface area contributed by atoms with E-state index in [1.165, 1.54) is 23.1 Å². The number of hydrogen-bond acceptors (Lipinski definition) is 6. The number of likely N-dealkylation sites (tertiary alicyclic amines) is 1. The van der Waals surface area contributed by atoms with E-state index in [0.29, 0.717) is 30.9 Å². The number of rotatable bonds is 9. The Morgan fingerprint density at radius 3 is 2.51 bits per heavy atom. The van der Waals surface area contributed by atoms with Crippen LogP contribution in [0.1, 0.15) is 64.9 Å². The van der Waals surface area contributed by atoms with E-state index in [-0.39, 0.29) is 47.4 Å². The van der Waals surface area contributed by atoms with Crippen LogP contribution in [0.15, 0.2) is 36.9 Å². The van der Waals surface area contributed by atoms with E-state index in [2.05, 4.69) is 32.7 Å². The third-order valence-electron chi connectivity index (χ3n) is 9.47. The van der Waals surface area contributed by atoms with Gasteiger partial charge in [0, 0.05) is 18.4 Å². The fraction of sp³-hybridized carbons (Fsp3) is 0.621. The Balaban J connectivity index is 1.39. The molecular weight excluding hydrogens is 472 g/mol. The molecule has 202 valence electrons. The van der Waals surface area contributed by atoms with Crippen LogP contribution in [-0.4, -0.2) is 63.7 Å². The number of phenols is 1. The van der Waals surface area contributed by atoms with Crippen LogP contribution in [0.5, 0.6) is 5.75 Å². The molecule has 1 aromatic rings. The SMILES string of the molecule is C=CCC(NC(=O)C(O)Cc1ccc(O)cc1)C(=O)N1CCCC1C(=O)OC1C[C@@H]2CCC1(C)C2(C)C. The van der Waals surface area contributed by atoms with Crippen LogP contribution in [0.2, 0.25) is 0 Å². The number of benzene rings is 1. The second kappa shape index (κ2) is 10.5. The van der Waals surface area contributed by atoms with Gasteiger partial charge in [-0.3, -0.25) is 9.59 Å². The molecule has 2 amide bonds. The molecule has 4 rings (SSSR count). The molecule has 6 atom stereocenters. The van der Waals surface area contributed by atoms with Crippen molar-refractivity contribution in [2.75, 3.05) is 6.54 Å². The first kappa shape index (κ1) is 27.2. The van der Waals surface area contributed by atoms with Gasteiger partial charge in [0.1, 0.15) is 30.0 Å². The number of phenolic OH excluding ortho intramolecular Hbond substituents is 1. The van der Waals surface area contributed by atoms with Crippen molar-refractivity contribution in [2.45, 2.75) is 90.0 Å². The van der Waals surface area contributed by atoms with Crippen molar-refractivity contribution in [3.8, 4) is 5.75 Å². The Kier molecular flexibility index (Phi) is 7.70. The van der Waals surface area contributed by atoms with E-state index in [1.54, 1.807) is 12.1 Å². The van der Waals surface area contributed by atoms with E-state index in [0.717, 1.165) is 19.3 Å². The second-order valence-corrected chi connectivity index (χ2v) is 11.7. The molecule has 3 fully saturated rings. The van der Waals surface area contributed by atoms with Gasteiger partial charge in [0.15, 0.2) is 0 Å². The number of nitrogens with zero attached hydrogens (tertiary/aromatic N) is 1. The highest BCUT2D eigenvalue weighted by Gasteiger charge is 2.63. The van der Waals surface area contributed by atoms with Crippen molar-refractivity contribution < 1.29 is 29.3 Å². The molecule has 2 saturated carbocycles. The monoisotopic (exact) mass is 512 g/mol. The van der Waals surface area contributed by atoms with Crippen molar-refractivity contribution >= 4 is 17.8 Å². The lowest BCUT2D eigenvalue weighted by Gasteiger charge is -2.39. The highest BCUT2D eigenvalue weighted by atomic mass is 16.5. The van der Waals surface area contributed by atoms with Crippen molar-refractivity contribution in [2.24, 2.45) is 16.7 Å². The molecule has 8 nitrogen and oxygen atoms in total. The minimum Gasteiger partial charge on any atom is -0.508 e. The van der Waals surface area contributed by atoms with Crippen molar-refractivity contribution in [3.63, 3.8) is 0 Å². The smallest absolute Gasteiger partial charge is 0.329 e. The molecule has 0 radical (unpaired) electrons. The minimum absolute atomic E-state index is 0.0390. The van der Waals surface area contributed by atoms with Crippen molar-refractivity contribution in [3.05, 3.63) is 42.5 Å². The number of aliphatic hydroxyl groups excluding tert-OH is 1. The third kappa shape index (κ3) is 5.13. The first-order valence-electron chi connectivity index (χ1n) is 13.4. The molecular formula is C29H40N2O6. The molecule has 3 aliphatic rings. The summed E-state index contributed by atoms with van der Waals surface area (Å²) in [5, 5.41) is 22.5. The largest absolute Gasteiger partial charge is 0.508 e. The Morgan fingerprint density at radius 1 is 1.22 bits per heavy atom. The van der Waals surface area contributed by atoms with Crippen LogP contribution in [-0.2, 0) is 25.5 Å². The lowest BCUT2D eigenvalue weighted by molar-refractivity contribution is -0.165. The van der Waals surface area contributed by atoms with Gasteiger partial charge in [-0.1, -0.05) is 39.0 Å². The predicted molar refractivity (Wildman–Crippen MR) is 138 cm³/mol. The number of amides is 2. The highest BCUT2D eigenvalue weighted by Crippen LogP contribution is 2.66. The van der Waals surface area contributed by atoms with Gasteiger partial charge >= 0.3 is 5.97 Å². The molecule has 0 spiro atoms. The zero-order chi connectivity index (χ0) is 27.0. The van der Waals surface area contributed by atoms with Crippen LogP contribution in [0.25, 0.3) is 0 Å². The van der Waals surface area contributed by atoms with Crippen LogP contribution >= 0.6 is 0 Å². The summed E-state index contributed by atoms with van der Waals surface area (Å²) >= 11 is 0. The van der Waals surface area contributed by atoms with Gasteiger partial charge in [0.25, 0.3) is 0 Å². The van der Waals surface area contributed by atoms with Gasteiger partial charge in [-0.05, 0) is 67.6 Å². The molecule has 1 saturated heterocycles. The fourth-order valence-electron chi connectivity index (χ4n) is 6.61. The summed E-state index contributed by atoms with van der Waals surface area (Å²) < 4.78 is 6.08. The van der Waals surface area contributed by atoms with Crippen LogP contribution in [0.4, 0.5) is 0 Å². The van der Waals surface area contributed by atoms with Crippen LogP contribution < -0.4 is 5.32 Å². The number of carbonyl (C=O) groups excluding carboxylic acids is 3. The average Bonchev–Trinajstić information content (AvgIpc) is 3.48. The van der Waals surface area contributed by atoms with Gasteiger partial charge < -0.3 is 25.2 Å². The predicted octanol–water partition coefficient (Wildman–Crippen LogP) is 3.11. The molecule has 1 aromatic carbocycles. The van der Waals surface area contributed by atoms with E-state index >= 15 is 0 Å². The summed E-state index contributed by atoms with van der Waals surface area (Å²) in [6.07, 6.45) is 4.50. The minimum atomic E-state index is -1.37. The number of ether oxygens (including phenoxy) is 1. The van der Waals surface area contributed by atoms with Gasteiger partial charge in [-0.25, -0.2) is 4.79 Å². The lowest BCUT2D eigenvalue weighted by atomic mass is 9.70. The number of hydrogen-bond donors (Lipinski definition) is 3. The number of aliphatic hydroxyl groups is 1. The molecule has 3 N–H and O–H groups in total. The molecule has 1 heterocycles. The van der Waals surface area contributed by atoms with Gasteiger partial charge in [-0.15, -0.1) is 6.58 Å². The molecule has 8 heteroatoms.